The van der Waals surface area contributed by atoms with Gasteiger partial charge in [-0.25, -0.2) is 4.79 Å². The minimum atomic E-state index is -0.426. The average molecular weight is 438 g/mol. The summed E-state index contributed by atoms with van der Waals surface area (Å²) in [7, 11) is 1.33. The van der Waals surface area contributed by atoms with Gasteiger partial charge >= 0.3 is 5.97 Å². The highest BCUT2D eigenvalue weighted by Gasteiger charge is 2.18. The summed E-state index contributed by atoms with van der Waals surface area (Å²) >= 11 is 6.18. The van der Waals surface area contributed by atoms with Crippen LogP contribution in [0.2, 0.25) is 5.02 Å². The van der Waals surface area contributed by atoms with Crippen LogP contribution in [0.15, 0.2) is 42.5 Å². The number of aromatic nitrogens is 1. The summed E-state index contributed by atoms with van der Waals surface area (Å²) < 4.78 is 4.68. The van der Waals surface area contributed by atoms with Crippen LogP contribution >= 0.6 is 11.6 Å². The highest BCUT2D eigenvalue weighted by atomic mass is 35.5. The summed E-state index contributed by atoms with van der Waals surface area (Å²) in [5.41, 5.74) is 5.30. The molecule has 1 heterocycles. The van der Waals surface area contributed by atoms with Crippen LogP contribution in [0.1, 0.15) is 44.8 Å². The molecule has 1 aliphatic carbocycles. The van der Waals surface area contributed by atoms with E-state index in [0.717, 1.165) is 48.0 Å². The molecular formula is C24H24ClN3O3. The third-order valence-electron chi connectivity index (χ3n) is 5.51. The first-order chi connectivity index (χ1) is 15.1. The number of ether oxygens (including phenoxy) is 1. The van der Waals surface area contributed by atoms with Crippen LogP contribution in [0, 0.1) is 0 Å². The van der Waals surface area contributed by atoms with E-state index in [0.29, 0.717) is 29.2 Å². The maximum absolute atomic E-state index is 12.4. The van der Waals surface area contributed by atoms with Crippen molar-refractivity contribution in [2.45, 2.75) is 25.7 Å². The number of hydrogen-bond donors (Lipinski definition) is 2. The van der Waals surface area contributed by atoms with E-state index in [4.69, 9.17) is 16.6 Å². The minimum absolute atomic E-state index is 0.188. The largest absolute Gasteiger partial charge is 0.465 e. The summed E-state index contributed by atoms with van der Waals surface area (Å²) in [6.07, 6.45) is 4.28. The number of nitrogens with zero attached hydrogens (tertiary/aromatic N) is 1. The molecule has 0 atom stereocenters. The predicted molar refractivity (Wildman–Crippen MR) is 122 cm³/mol. The zero-order valence-electron chi connectivity index (χ0n) is 17.3. The van der Waals surface area contributed by atoms with Gasteiger partial charge in [-0.05, 0) is 73.7 Å². The van der Waals surface area contributed by atoms with E-state index in [1.165, 1.54) is 12.7 Å². The number of hydrogen-bond acceptors (Lipinski definition) is 5. The molecule has 0 fully saturated rings. The van der Waals surface area contributed by atoms with E-state index in [-0.39, 0.29) is 5.91 Å². The normalized spacial score (nSPS) is 12.8. The fourth-order valence-corrected chi connectivity index (χ4v) is 4.11. The van der Waals surface area contributed by atoms with Gasteiger partial charge in [-0.1, -0.05) is 11.6 Å². The van der Waals surface area contributed by atoms with Crippen molar-refractivity contribution in [3.8, 4) is 0 Å². The topological polar surface area (TPSA) is 80.3 Å². The van der Waals surface area contributed by atoms with Crippen molar-refractivity contribution in [3.63, 3.8) is 0 Å². The van der Waals surface area contributed by atoms with Crippen molar-refractivity contribution in [2.24, 2.45) is 0 Å². The van der Waals surface area contributed by atoms with Crippen LogP contribution in [0.4, 0.5) is 5.69 Å². The number of benzene rings is 2. The second-order valence-electron chi connectivity index (χ2n) is 7.53. The van der Waals surface area contributed by atoms with Gasteiger partial charge in [-0.2, -0.15) is 0 Å². The van der Waals surface area contributed by atoms with Gasteiger partial charge in [-0.15, -0.1) is 0 Å². The lowest BCUT2D eigenvalue weighted by atomic mass is 9.92. The second-order valence-corrected chi connectivity index (χ2v) is 7.97. The zero-order chi connectivity index (χ0) is 21.8. The number of rotatable bonds is 6. The van der Waals surface area contributed by atoms with Crippen molar-refractivity contribution >= 4 is 40.1 Å². The number of carbonyl (C=O) groups is 2. The molecule has 0 spiro atoms. The Balaban J connectivity index is 1.43. The van der Waals surface area contributed by atoms with Crippen LogP contribution in [-0.2, 0) is 17.6 Å². The molecule has 1 aliphatic rings. The van der Waals surface area contributed by atoms with Gasteiger partial charge in [0.25, 0.3) is 5.91 Å². The van der Waals surface area contributed by atoms with Gasteiger partial charge in [0.05, 0.1) is 18.2 Å². The van der Waals surface area contributed by atoms with Gasteiger partial charge in [0, 0.05) is 40.4 Å². The Hall–Kier alpha value is -3.12. The van der Waals surface area contributed by atoms with Crippen molar-refractivity contribution in [1.82, 2.24) is 10.3 Å². The molecule has 0 saturated carbocycles. The Morgan fingerprint density at radius 1 is 1.03 bits per heavy atom. The molecule has 2 N–H and O–H groups in total. The molecule has 1 amide bonds. The Bertz CT molecular complexity index is 1130. The number of amides is 1. The van der Waals surface area contributed by atoms with Gasteiger partial charge in [0.2, 0.25) is 0 Å². The molecule has 4 rings (SSSR count). The number of fused-ring (bicyclic) bond motifs is 2. The van der Waals surface area contributed by atoms with Crippen LogP contribution in [-0.4, -0.2) is 37.1 Å². The number of halogens is 1. The fraction of sp³-hybridized carbons (Fsp3) is 0.292. The Kier molecular flexibility index (Phi) is 6.37. The molecule has 0 unspecified atom stereocenters. The van der Waals surface area contributed by atoms with Gasteiger partial charge in [0.15, 0.2) is 0 Å². The monoisotopic (exact) mass is 437 g/mol. The number of esters is 1. The molecule has 1 aromatic heterocycles. The van der Waals surface area contributed by atoms with Crippen LogP contribution in [0.5, 0.6) is 0 Å². The van der Waals surface area contributed by atoms with E-state index in [1.807, 2.05) is 18.2 Å². The number of carbonyl (C=O) groups excluding carboxylic acids is 2. The van der Waals surface area contributed by atoms with Crippen molar-refractivity contribution in [1.29, 1.82) is 0 Å². The highest BCUT2D eigenvalue weighted by molar-refractivity contribution is 6.31. The van der Waals surface area contributed by atoms with Crippen molar-refractivity contribution < 1.29 is 14.3 Å². The smallest absolute Gasteiger partial charge is 0.337 e. The van der Waals surface area contributed by atoms with E-state index < -0.39 is 5.97 Å². The van der Waals surface area contributed by atoms with Crippen molar-refractivity contribution in [2.75, 3.05) is 25.5 Å². The summed E-state index contributed by atoms with van der Waals surface area (Å²) in [6.45, 7) is 1.05. The SMILES string of the molecule is COC(=O)c1ccc(C(=O)NCCNc2c3c(nc4cc(Cl)ccc24)CCCC3)cc1. The third-order valence-corrected chi connectivity index (χ3v) is 5.74. The lowest BCUT2D eigenvalue weighted by Crippen LogP contribution is -2.29. The second kappa shape index (κ2) is 9.35. The lowest BCUT2D eigenvalue weighted by molar-refractivity contribution is 0.0600. The molecule has 6 nitrogen and oxygen atoms in total. The third kappa shape index (κ3) is 4.64. The molecule has 0 aliphatic heterocycles. The maximum atomic E-state index is 12.4. The molecule has 0 saturated heterocycles. The summed E-state index contributed by atoms with van der Waals surface area (Å²) in [4.78, 5) is 28.8. The van der Waals surface area contributed by atoms with E-state index >= 15 is 0 Å². The van der Waals surface area contributed by atoms with E-state index in [9.17, 15) is 9.59 Å². The Morgan fingerprint density at radius 2 is 1.77 bits per heavy atom. The number of nitrogens with one attached hydrogen (secondary N) is 2. The first kappa shape index (κ1) is 21.1. The van der Waals surface area contributed by atoms with Crippen LogP contribution in [0.25, 0.3) is 10.9 Å². The molecule has 160 valence electrons. The molecule has 7 heteroatoms. The van der Waals surface area contributed by atoms with Gasteiger partial charge < -0.3 is 15.4 Å². The quantitative estimate of drug-likeness (QED) is 0.441. The number of methoxy groups -OCH3 is 1. The molecular weight excluding hydrogens is 414 g/mol. The number of pyridine rings is 1. The predicted octanol–water partition coefficient (Wildman–Crippen LogP) is 4.40. The van der Waals surface area contributed by atoms with Gasteiger partial charge in [-0.3, -0.25) is 9.78 Å². The minimum Gasteiger partial charge on any atom is -0.465 e. The number of aryl methyl sites for hydroxylation is 1. The average Bonchev–Trinajstić information content (AvgIpc) is 2.80. The first-order valence-electron chi connectivity index (χ1n) is 10.4. The Labute approximate surface area is 186 Å². The summed E-state index contributed by atoms with van der Waals surface area (Å²) in [5.74, 6) is -0.614. The Morgan fingerprint density at radius 3 is 2.55 bits per heavy atom. The number of anilines is 1. The molecule has 3 aromatic rings. The molecule has 2 aromatic carbocycles. The summed E-state index contributed by atoms with van der Waals surface area (Å²) in [5, 5.41) is 8.15. The fourth-order valence-electron chi connectivity index (χ4n) is 3.94. The lowest BCUT2D eigenvalue weighted by Gasteiger charge is -2.22. The standard InChI is InChI=1S/C24H24ClN3O3/c1-31-24(30)16-8-6-15(7-9-16)23(29)27-13-12-26-22-18-4-2-3-5-20(18)28-21-14-17(25)10-11-19(21)22/h6-11,14H,2-5,12-13H2,1H3,(H,26,28)(H,27,29). The zero-order valence-corrected chi connectivity index (χ0v) is 18.1. The van der Waals surface area contributed by atoms with E-state index in [1.54, 1.807) is 24.3 Å². The van der Waals surface area contributed by atoms with Gasteiger partial charge in [0.1, 0.15) is 0 Å². The molecule has 0 bridgehead atoms. The highest BCUT2D eigenvalue weighted by Crippen LogP contribution is 2.34. The maximum Gasteiger partial charge on any atom is 0.337 e. The van der Waals surface area contributed by atoms with Crippen molar-refractivity contribution in [3.05, 3.63) is 69.9 Å². The first-order valence-corrected chi connectivity index (χ1v) is 10.8. The summed E-state index contributed by atoms with van der Waals surface area (Å²) in [6, 6.07) is 12.2. The molecule has 0 radical (unpaired) electrons. The van der Waals surface area contributed by atoms with E-state index in [2.05, 4.69) is 15.4 Å². The van der Waals surface area contributed by atoms with Crippen LogP contribution in [0.3, 0.4) is 0 Å². The molecule has 31 heavy (non-hydrogen) atoms. The van der Waals surface area contributed by atoms with Crippen LogP contribution < -0.4 is 10.6 Å².